The van der Waals surface area contributed by atoms with Crippen molar-refractivity contribution in [1.29, 1.82) is 0 Å². The Morgan fingerprint density at radius 1 is 1.14 bits per heavy atom. The molecule has 1 aliphatic rings. The van der Waals surface area contributed by atoms with E-state index in [0.29, 0.717) is 19.0 Å². The zero-order chi connectivity index (χ0) is 20.4. The van der Waals surface area contributed by atoms with E-state index in [4.69, 9.17) is 0 Å². The van der Waals surface area contributed by atoms with Gasteiger partial charge in [0.25, 0.3) is 5.91 Å². The van der Waals surface area contributed by atoms with Gasteiger partial charge in [-0.3, -0.25) is 10.1 Å². The Bertz CT molecular complexity index is 1050. The molecule has 29 heavy (non-hydrogen) atoms. The highest BCUT2D eigenvalue weighted by atomic mass is 32.1. The number of thiophene rings is 1. The normalized spacial score (nSPS) is 15.4. The molecule has 2 N–H and O–H groups in total. The minimum absolute atomic E-state index is 0.285. The number of amides is 3. The molecule has 0 spiro atoms. The summed E-state index contributed by atoms with van der Waals surface area (Å²) < 4.78 is 0. The maximum absolute atomic E-state index is 12.0. The number of rotatable bonds is 6. The van der Waals surface area contributed by atoms with Gasteiger partial charge in [-0.2, -0.15) is 0 Å². The molecule has 1 aromatic carbocycles. The third-order valence-corrected chi connectivity index (χ3v) is 5.89. The second-order valence-electron chi connectivity index (χ2n) is 7.19. The van der Waals surface area contributed by atoms with Gasteiger partial charge in [0.15, 0.2) is 0 Å². The van der Waals surface area contributed by atoms with Crippen LogP contribution in [0.1, 0.15) is 13.8 Å². The first-order valence-electron chi connectivity index (χ1n) is 9.30. The lowest BCUT2D eigenvalue weighted by atomic mass is 10.0. The number of urea groups is 1. The molecule has 0 radical (unpaired) electrons. The number of imide groups is 1. The molecule has 0 saturated carbocycles. The van der Waals surface area contributed by atoms with E-state index in [9.17, 15) is 9.59 Å². The summed E-state index contributed by atoms with van der Waals surface area (Å²) in [7, 11) is 0. The molecule has 7 nitrogen and oxygen atoms in total. The van der Waals surface area contributed by atoms with Gasteiger partial charge < -0.3 is 10.2 Å². The monoisotopic (exact) mass is 407 g/mol. The third kappa shape index (κ3) is 3.71. The molecule has 3 heterocycles. The molecular formula is C21H21N5O2S. The van der Waals surface area contributed by atoms with Gasteiger partial charge in [-0.25, -0.2) is 14.8 Å². The van der Waals surface area contributed by atoms with Crippen LogP contribution < -0.4 is 10.6 Å². The SMILES string of the molecule is CC1(C)C(=O)NC(=O)N1CCNc1nccc(-c2sccc2-c2ccccc2)n1. The zero-order valence-corrected chi connectivity index (χ0v) is 17.0. The van der Waals surface area contributed by atoms with Crippen molar-refractivity contribution >= 4 is 29.2 Å². The Hall–Kier alpha value is -3.26. The fraction of sp³-hybridized carbons (Fsp3) is 0.238. The molecule has 0 aliphatic carbocycles. The van der Waals surface area contributed by atoms with Crippen molar-refractivity contribution in [3.63, 3.8) is 0 Å². The van der Waals surface area contributed by atoms with Crippen molar-refractivity contribution in [2.45, 2.75) is 19.4 Å². The smallest absolute Gasteiger partial charge is 0.325 e. The summed E-state index contributed by atoms with van der Waals surface area (Å²) in [4.78, 5) is 35.3. The maximum Gasteiger partial charge on any atom is 0.325 e. The lowest BCUT2D eigenvalue weighted by molar-refractivity contribution is -0.125. The van der Waals surface area contributed by atoms with Gasteiger partial charge >= 0.3 is 6.03 Å². The summed E-state index contributed by atoms with van der Waals surface area (Å²) in [6, 6.07) is 13.8. The van der Waals surface area contributed by atoms with E-state index in [1.807, 2.05) is 24.3 Å². The highest BCUT2D eigenvalue weighted by Crippen LogP contribution is 2.35. The predicted molar refractivity (Wildman–Crippen MR) is 114 cm³/mol. The Labute approximate surface area is 172 Å². The van der Waals surface area contributed by atoms with Crippen LogP contribution in [0.2, 0.25) is 0 Å². The number of aromatic nitrogens is 2. The summed E-state index contributed by atoms with van der Waals surface area (Å²) in [6.45, 7) is 4.26. The molecule has 2 aromatic heterocycles. The number of carbonyl (C=O) groups is 2. The van der Waals surface area contributed by atoms with E-state index in [-0.39, 0.29) is 11.9 Å². The van der Waals surface area contributed by atoms with E-state index >= 15 is 0 Å². The number of hydrogen-bond acceptors (Lipinski definition) is 6. The van der Waals surface area contributed by atoms with E-state index < -0.39 is 5.54 Å². The minimum atomic E-state index is -0.858. The molecule has 3 aromatic rings. The molecule has 3 amide bonds. The van der Waals surface area contributed by atoms with Crippen LogP contribution in [0, 0.1) is 0 Å². The average Bonchev–Trinajstić information content (AvgIpc) is 3.28. The van der Waals surface area contributed by atoms with Crippen LogP contribution in [0.5, 0.6) is 0 Å². The molecule has 0 unspecified atom stereocenters. The lowest BCUT2D eigenvalue weighted by Crippen LogP contribution is -2.46. The van der Waals surface area contributed by atoms with E-state index in [1.54, 1.807) is 31.4 Å². The van der Waals surface area contributed by atoms with Crippen molar-refractivity contribution in [2.75, 3.05) is 18.4 Å². The lowest BCUT2D eigenvalue weighted by Gasteiger charge is -2.27. The summed E-state index contributed by atoms with van der Waals surface area (Å²) in [5, 5.41) is 7.55. The molecule has 148 valence electrons. The summed E-state index contributed by atoms with van der Waals surface area (Å²) >= 11 is 1.63. The van der Waals surface area contributed by atoms with Crippen LogP contribution in [0.25, 0.3) is 21.7 Å². The van der Waals surface area contributed by atoms with Gasteiger partial charge in [-0.1, -0.05) is 30.3 Å². The summed E-state index contributed by atoms with van der Waals surface area (Å²) in [5.74, 6) is 0.200. The quantitative estimate of drug-likeness (QED) is 0.610. The Kier molecular flexibility index (Phi) is 5.02. The first-order chi connectivity index (χ1) is 14.0. The van der Waals surface area contributed by atoms with Crippen LogP contribution in [0.4, 0.5) is 10.7 Å². The Morgan fingerprint density at radius 3 is 2.66 bits per heavy atom. The summed E-state index contributed by atoms with van der Waals surface area (Å²) in [6.07, 6.45) is 1.72. The van der Waals surface area contributed by atoms with E-state index in [2.05, 4.69) is 44.2 Å². The highest BCUT2D eigenvalue weighted by Gasteiger charge is 2.44. The first-order valence-corrected chi connectivity index (χ1v) is 10.2. The largest absolute Gasteiger partial charge is 0.352 e. The number of hydrogen-bond donors (Lipinski definition) is 2. The zero-order valence-electron chi connectivity index (χ0n) is 16.2. The second kappa shape index (κ2) is 7.63. The number of anilines is 1. The Balaban J connectivity index is 1.48. The molecular weight excluding hydrogens is 386 g/mol. The van der Waals surface area contributed by atoms with Crippen molar-refractivity contribution in [3.8, 4) is 21.7 Å². The van der Waals surface area contributed by atoms with E-state index in [1.165, 1.54) is 4.90 Å². The molecule has 4 rings (SSSR count). The fourth-order valence-electron chi connectivity index (χ4n) is 3.28. The second-order valence-corrected chi connectivity index (χ2v) is 8.11. The molecule has 8 heteroatoms. The number of nitrogens with one attached hydrogen (secondary N) is 2. The molecule has 1 fully saturated rings. The van der Waals surface area contributed by atoms with Gasteiger partial charge in [0.2, 0.25) is 5.95 Å². The average molecular weight is 407 g/mol. The minimum Gasteiger partial charge on any atom is -0.352 e. The van der Waals surface area contributed by atoms with E-state index in [0.717, 1.165) is 21.7 Å². The van der Waals surface area contributed by atoms with Crippen molar-refractivity contribution in [2.24, 2.45) is 0 Å². The maximum atomic E-state index is 12.0. The van der Waals surface area contributed by atoms with Crippen LogP contribution in [0.15, 0.2) is 54.0 Å². The number of nitrogens with zero attached hydrogens (tertiary/aromatic N) is 3. The van der Waals surface area contributed by atoms with Crippen molar-refractivity contribution in [1.82, 2.24) is 20.2 Å². The summed E-state index contributed by atoms with van der Waals surface area (Å²) in [5.41, 5.74) is 2.26. The van der Waals surface area contributed by atoms with Crippen LogP contribution in [0.3, 0.4) is 0 Å². The number of benzene rings is 1. The Morgan fingerprint density at radius 2 is 1.93 bits per heavy atom. The van der Waals surface area contributed by atoms with Crippen molar-refractivity contribution < 1.29 is 9.59 Å². The first kappa shape index (κ1) is 19.1. The van der Waals surface area contributed by atoms with Gasteiger partial charge in [0, 0.05) is 24.8 Å². The van der Waals surface area contributed by atoms with Crippen LogP contribution >= 0.6 is 11.3 Å². The van der Waals surface area contributed by atoms with Crippen LogP contribution in [-0.4, -0.2) is 45.4 Å². The number of carbonyl (C=O) groups excluding carboxylic acids is 2. The van der Waals surface area contributed by atoms with Crippen LogP contribution in [-0.2, 0) is 4.79 Å². The molecule has 1 saturated heterocycles. The van der Waals surface area contributed by atoms with Gasteiger partial charge in [0.1, 0.15) is 5.54 Å². The third-order valence-electron chi connectivity index (χ3n) is 4.95. The standard InChI is InChI=1S/C21H21N5O2S/c1-21(2)18(27)25-20(28)26(21)12-11-23-19-22-10-8-16(24-19)17-15(9-13-29-17)14-6-4-3-5-7-14/h3-10,13H,11-12H2,1-2H3,(H,22,23,24)(H,25,27,28). The fourth-order valence-corrected chi connectivity index (χ4v) is 4.17. The molecule has 0 bridgehead atoms. The van der Waals surface area contributed by atoms with Crippen molar-refractivity contribution in [3.05, 3.63) is 54.0 Å². The topological polar surface area (TPSA) is 87.2 Å². The molecule has 0 atom stereocenters. The molecule has 1 aliphatic heterocycles. The highest BCUT2D eigenvalue weighted by molar-refractivity contribution is 7.14. The van der Waals surface area contributed by atoms with Gasteiger partial charge in [-0.15, -0.1) is 11.3 Å². The predicted octanol–water partition coefficient (Wildman–Crippen LogP) is 3.61. The van der Waals surface area contributed by atoms with Gasteiger partial charge in [0.05, 0.1) is 10.6 Å². The van der Waals surface area contributed by atoms with Gasteiger partial charge in [-0.05, 0) is 36.9 Å².